The van der Waals surface area contributed by atoms with Gasteiger partial charge in [0.15, 0.2) is 0 Å². The molecule has 0 aromatic rings. The third-order valence-electron chi connectivity index (χ3n) is 2.91. The zero-order valence-electron chi connectivity index (χ0n) is 11.0. The maximum atomic E-state index is 5.63. The van der Waals surface area contributed by atoms with Crippen molar-refractivity contribution in [2.75, 3.05) is 5.88 Å². The first-order valence-corrected chi connectivity index (χ1v) is 7.66. The fourth-order valence-corrected chi connectivity index (χ4v) is 2.07. The molecule has 0 nitrogen and oxygen atoms in total. The molecule has 0 aliphatic carbocycles. The van der Waals surface area contributed by atoms with Crippen molar-refractivity contribution in [2.45, 2.75) is 77.6 Å². The highest BCUT2D eigenvalue weighted by Crippen LogP contribution is 2.11. The van der Waals surface area contributed by atoms with Crippen molar-refractivity contribution >= 4 is 11.6 Å². The fraction of sp³-hybridized carbons (Fsp3) is 0.867. The molecular formula is C15H29Cl. The van der Waals surface area contributed by atoms with E-state index >= 15 is 0 Å². The van der Waals surface area contributed by atoms with Crippen molar-refractivity contribution in [3.05, 3.63) is 12.2 Å². The number of rotatable bonds is 12. The maximum absolute atomic E-state index is 5.63. The van der Waals surface area contributed by atoms with Crippen LogP contribution in [-0.2, 0) is 0 Å². The average molecular weight is 245 g/mol. The Morgan fingerprint density at radius 3 is 1.69 bits per heavy atom. The molecular weight excluding hydrogens is 216 g/mol. The fourth-order valence-electron chi connectivity index (χ4n) is 1.88. The second-order valence-electron chi connectivity index (χ2n) is 4.54. The van der Waals surface area contributed by atoms with Crippen LogP contribution in [0.1, 0.15) is 77.6 Å². The number of unbranched alkanes of at least 4 members (excludes halogenated alkanes) is 9. The largest absolute Gasteiger partial charge is 0.127 e. The summed E-state index contributed by atoms with van der Waals surface area (Å²) in [5, 5.41) is 0. The summed E-state index contributed by atoms with van der Waals surface area (Å²) in [5.41, 5.74) is 0. The van der Waals surface area contributed by atoms with Crippen molar-refractivity contribution in [1.82, 2.24) is 0 Å². The molecule has 0 aliphatic rings. The van der Waals surface area contributed by atoms with Crippen LogP contribution < -0.4 is 0 Å². The molecule has 0 unspecified atom stereocenters. The van der Waals surface area contributed by atoms with Crippen LogP contribution in [0.25, 0.3) is 0 Å². The monoisotopic (exact) mass is 244 g/mol. The minimum Gasteiger partial charge on any atom is -0.127 e. The van der Waals surface area contributed by atoms with Gasteiger partial charge in [0.1, 0.15) is 0 Å². The van der Waals surface area contributed by atoms with E-state index in [0.717, 1.165) is 5.88 Å². The highest BCUT2D eigenvalue weighted by molar-refractivity contribution is 6.17. The molecule has 0 aromatic heterocycles. The highest BCUT2D eigenvalue weighted by atomic mass is 35.5. The van der Waals surface area contributed by atoms with E-state index in [1.54, 1.807) is 0 Å². The summed E-state index contributed by atoms with van der Waals surface area (Å²) in [4.78, 5) is 0. The van der Waals surface area contributed by atoms with Crippen molar-refractivity contribution in [2.24, 2.45) is 0 Å². The van der Waals surface area contributed by atoms with E-state index in [1.807, 2.05) is 0 Å². The molecule has 0 fully saturated rings. The van der Waals surface area contributed by atoms with Gasteiger partial charge in [-0.25, -0.2) is 0 Å². The minimum atomic E-state index is 0.839. The van der Waals surface area contributed by atoms with E-state index in [2.05, 4.69) is 19.1 Å². The molecule has 0 aromatic carbocycles. The van der Waals surface area contributed by atoms with E-state index < -0.39 is 0 Å². The molecule has 16 heavy (non-hydrogen) atoms. The lowest BCUT2D eigenvalue weighted by molar-refractivity contribution is 0.567. The van der Waals surface area contributed by atoms with Crippen LogP contribution in [0, 0.1) is 0 Å². The highest BCUT2D eigenvalue weighted by Gasteiger charge is 1.91. The number of halogens is 1. The predicted molar refractivity (Wildman–Crippen MR) is 76.3 cm³/mol. The maximum Gasteiger partial charge on any atom is 0.0223 e. The second kappa shape index (κ2) is 15.0. The van der Waals surface area contributed by atoms with Crippen LogP contribution in [-0.4, -0.2) is 5.88 Å². The van der Waals surface area contributed by atoms with Crippen LogP contribution in [0.4, 0.5) is 0 Å². The van der Waals surface area contributed by atoms with Gasteiger partial charge < -0.3 is 0 Å². The summed E-state index contributed by atoms with van der Waals surface area (Å²) < 4.78 is 0. The van der Waals surface area contributed by atoms with Gasteiger partial charge in [-0.05, 0) is 25.7 Å². The standard InChI is InChI=1S/C15H29Cl/c1-2-3-4-5-6-7-8-9-10-11-12-13-14-15-16/h3-4H,2,5-15H2,1H3/b4-3-. The van der Waals surface area contributed by atoms with E-state index in [-0.39, 0.29) is 0 Å². The minimum absolute atomic E-state index is 0.839. The average Bonchev–Trinajstić information content (AvgIpc) is 2.31. The first kappa shape index (κ1) is 16.0. The van der Waals surface area contributed by atoms with Gasteiger partial charge in [-0.1, -0.05) is 64.0 Å². The van der Waals surface area contributed by atoms with E-state index in [4.69, 9.17) is 11.6 Å². The van der Waals surface area contributed by atoms with Crippen LogP contribution in [0.2, 0.25) is 0 Å². The van der Waals surface area contributed by atoms with Gasteiger partial charge in [-0.2, -0.15) is 0 Å². The first-order chi connectivity index (χ1) is 7.91. The number of alkyl halides is 1. The van der Waals surface area contributed by atoms with Crippen molar-refractivity contribution < 1.29 is 0 Å². The van der Waals surface area contributed by atoms with Gasteiger partial charge in [-0.15, -0.1) is 11.6 Å². The first-order valence-electron chi connectivity index (χ1n) is 7.12. The Labute approximate surface area is 107 Å². The molecule has 0 saturated heterocycles. The molecule has 0 rings (SSSR count). The zero-order valence-corrected chi connectivity index (χ0v) is 11.8. The van der Waals surface area contributed by atoms with Crippen molar-refractivity contribution in [3.63, 3.8) is 0 Å². The number of allylic oxidation sites excluding steroid dienone is 2. The summed E-state index contributed by atoms with van der Waals surface area (Å²) in [6, 6.07) is 0. The topological polar surface area (TPSA) is 0 Å². The van der Waals surface area contributed by atoms with Gasteiger partial charge in [-0.3, -0.25) is 0 Å². The predicted octanol–water partition coefficient (Wildman–Crippen LogP) is 6.09. The van der Waals surface area contributed by atoms with Gasteiger partial charge >= 0.3 is 0 Å². The molecule has 0 atom stereocenters. The van der Waals surface area contributed by atoms with Crippen molar-refractivity contribution in [1.29, 1.82) is 0 Å². The normalized spacial score (nSPS) is 11.4. The molecule has 0 amide bonds. The lowest BCUT2D eigenvalue weighted by atomic mass is 10.1. The molecule has 0 aliphatic heterocycles. The van der Waals surface area contributed by atoms with Gasteiger partial charge in [0.2, 0.25) is 0 Å². The lowest BCUT2D eigenvalue weighted by Crippen LogP contribution is -1.82. The summed E-state index contributed by atoms with van der Waals surface area (Å²) in [5.74, 6) is 0.839. The summed E-state index contributed by atoms with van der Waals surface area (Å²) in [6.07, 6.45) is 19.4. The number of hydrogen-bond donors (Lipinski definition) is 0. The molecule has 0 heterocycles. The Balaban J connectivity index is 2.90. The van der Waals surface area contributed by atoms with E-state index in [0.29, 0.717) is 0 Å². The Bertz CT molecular complexity index is 140. The molecule has 1 heteroatoms. The third kappa shape index (κ3) is 14.0. The van der Waals surface area contributed by atoms with Crippen LogP contribution >= 0.6 is 11.6 Å². The van der Waals surface area contributed by atoms with Crippen LogP contribution in [0.15, 0.2) is 12.2 Å². The Morgan fingerprint density at radius 2 is 1.19 bits per heavy atom. The summed E-state index contributed by atoms with van der Waals surface area (Å²) >= 11 is 5.63. The molecule has 0 bridgehead atoms. The number of hydrogen-bond acceptors (Lipinski definition) is 0. The molecule has 0 N–H and O–H groups in total. The summed E-state index contributed by atoms with van der Waals surface area (Å²) in [6.45, 7) is 2.20. The SMILES string of the molecule is CC/C=C\CCCCCCCCCCCCl. The molecule has 0 radical (unpaired) electrons. The Kier molecular flexibility index (Phi) is 15.1. The van der Waals surface area contributed by atoms with E-state index in [1.165, 1.54) is 70.6 Å². The molecule has 96 valence electrons. The van der Waals surface area contributed by atoms with Gasteiger partial charge in [0.05, 0.1) is 0 Å². The smallest absolute Gasteiger partial charge is 0.0223 e. The quantitative estimate of drug-likeness (QED) is 0.221. The Morgan fingerprint density at radius 1 is 0.688 bits per heavy atom. The Hall–Kier alpha value is 0.0300. The van der Waals surface area contributed by atoms with Crippen LogP contribution in [0.3, 0.4) is 0 Å². The zero-order chi connectivity index (χ0) is 11.9. The molecule has 0 spiro atoms. The van der Waals surface area contributed by atoms with Gasteiger partial charge in [0.25, 0.3) is 0 Å². The summed E-state index contributed by atoms with van der Waals surface area (Å²) in [7, 11) is 0. The third-order valence-corrected chi connectivity index (χ3v) is 3.17. The van der Waals surface area contributed by atoms with E-state index in [9.17, 15) is 0 Å². The van der Waals surface area contributed by atoms with Crippen LogP contribution in [0.5, 0.6) is 0 Å². The lowest BCUT2D eigenvalue weighted by Gasteiger charge is -2.00. The molecule has 0 saturated carbocycles. The van der Waals surface area contributed by atoms with Crippen molar-refractivity contribution in [3.8, 4) is 0 Å². The second-order valence-corrected chi connectivity index (χ2v) is 4.92. The van der Waals surface area contributed by atoms with Gasteiger partial charge in [0, 0.05) is 5.88 Å².